The van der Waals surface area contributed by atoms with Gasteiger partial charge in [-0.25, -0.2) is 0 Å². The molecule has 2 heterocycles. The van der Waals surface area contributed by atoms with Gasteiger partial charge in [-0.15, -0.1) is 11.3 Å². The number of rotatable bonds is 3. The third-order valence-electron chi connectivity index (χ3n) is 3.16. The van der Waals surface area contributed by atoms with Gasteiger partial charge in [-0.1, -0.05) is 18.2 Å². The van der Waals surface area contributed by atoms with Crippen molar-refractivity contribution in [3.05, 3.63) is 63.9 Å². The van der Waals surface area contributed by atoms with E-state index in [0.717, 1.165) is 13.0 Å². The molecule has 0 spiro atoms. The molecule has 0 amide bonds. The van der Waals surface area contributed by atoms with Crippen LogP contribution in [0.1, 0.15) is 5.56 Å². The van der Waals surface area contributed by atoms with E-state index in [1.165, 1.54) is 27.9 Å². The number of aryl methyl sites for hydroxylation is 2. The Labute approximate surface area is 114 Å². The lowest BCUT2D eigenvalue weighted by Gasteiger charge is -2.06. The summed E-state index contributed by atoms with van der Waals surface area (Å²) in [7, 11) is 0. The highest BCUT2D eigenvalue weighted by Crippen LogP contribution is 2.26. The maximum atomic E-state index is 11.1. The molecule has 96 valence electrons. The number of thiophene rings is 1. The van der Waals surface area contributed by atoms with Crippen LogP contribution in [0.25, 0.3) is 10.1 Å². The van der Waals surface area contributed by atoms with Gasteiger partial charge in [0.25, 0.3) is 0 Å². The number of pyridine rings is 1. The highest BCUT2D eigenvalue weighted by Gasteiger charge is 2.03. The Hall–Kier alpha value is -2.07. The van der Waals surface area contributed by atoms with E-state index >= 15 is 0 Å². The lowest BCUT2D eigenvalue weighted by atomic mass is 10.1. The van der Waals surface area contributed by atoms with E-state index in [2.05, 4.69) is 17.5 Å². The quantitative estimate of drug-likeness (QED) is 0.795. The zero-order chi connectivity index (χ0) is 13.2. The Morgan fingerprint density at radius 1 is 1.21 bits per heavy atom. The summed E-state index contributed by atoms with van der Waals surface area (Å²) in [4.78, 5) is 11.1. The summed E-state index contributed by atoms with van der Waals surface area (Å²) >= 11 is 1.75. The summed E-state index contributed by atoms with van der Waals surface area (Å²) in [5, 5.41) is 12.9. The number of benzene rings is 1. The van der Waals surface area contributed by atoms with E-state index in [-0.39, 0.29) is 11.2 Å². The number of nitrogens with zero attached hydrogens (tertiary/aromatic N) is 1. The summed E-state index contributed by atoms with van der Waals surface area (Å²) < 4.78 is 3.13. The molecule has 2 aromatic heterocycles. The molecule has 0 aliphatic heterocycles. The van der Waals surface area contributed by atoms with Gasteiger partial charge in [0, 0.05) is 29.7 Å². The fourth-order valence-electron chi connectivity index (χ4n) is 2.13. The van der Waals surface area contributed by atoms with Gasteiger partial charge in [0.15, 0.2) is 5.75 Å². The van der Waals surface area contributed by atoms with Gasteiger partial charge < -0.3 is 9.67 Å². The maximum absolute atomic E-state index is 11.1. The van der Waals surface area contributed by atoms with E-state index in [9.17, 15) is 9.90 Å². The average molecular weight is 271 g/mol. The SMILES string of the molecule is O=c1ccn(CCc2csc3ccccc23)cc1O. The van der Waals surface area contributed by atoms with Crippen molar-refractivity contribution in [3.8, 4) is 5.75 Å². The molecule has 1 aromatic carbocycles. The Morgan fingerprint density at radius 2 is 2.05 bits per heavy atom. The molecule has 0 unspecified atom stereocenters. The first-order valence-corrected chi connectivity index (χ1v) is 6.96. The summed E-state index contributed by atoms with van der Waals surface area (Å²) in [6, 6.07) is 9.73. The molecule has 0 atom stereocenters. The predicted octanol–water partition coefficient (Wildman–Crippen LogP) is 3.01. The van der Waals surface area contributed by atoms with Gasteiger partial charge in [0.1, 0.15) is 0 Å². The first-order valence-electron chi connectivity index (χ1n) is 6.08. The van der Waals surface area contributed by atoms with Crippen LogP contribution in [0.4, 0.5) is 0 Å². The van der Waals surface area contributed by atoms with Crippen LogP contribution < -0.4 is 5.43 Å². The summed E-state index contributed by atoms with van der Waals surface area (Å²) in [6.07, 6.45) is 4.07. The topological polar surface area (TPSA) is 42.2 Å². The Balaban J connectivity index is 1.82. The lowest BCUT2D eigenvalue weighted by Crippen LogP contribution is -2.06. The van der Waals surface area contributed by atoms with Gasteiger partial charge in [-0.3, -0.25) is 4.79 Å². The minimum atomic E-state index is -0.336. The lowest BCUT2D eigenvalue weighted by molar-refractivity contribution is 0.460. The Bertz CT molecular complexity index is 773. The van der Waals surface area contributed by atoms with Crippen LogP contribution in [-0.2, 0) is 13.0 Å². The van der Waals surface area contributed by atoms with Gasteiger partial charge in [0.05, 0.1) is 0 Å². The molecule has 3 aromatic rings. The van der Waals surface area contributed by atoms with Crippen molar-refractivity contribution < 1.29 is 5.11 Å². The molecule has 0 bridgehead atoms. The molecule has 1 N–H and O–H groups in total. The first-order chi connectivity index (χ1) is 9.24. The molecule has 0 aliphatic rings. The minimum Gasteiger partial charge on any atom is -0.503 e. The van der Waals surface area contributed by atoms with Crippen LogP contribution in [0.15, 0.2) is 52.9 Å². The van der Waals surface area contributed by atoms with Crippen LogP contribution in [0.3, 0.4) is 0 Å². The van der Waals surface area contributed by atoms with Crippen molar-refractivity contribution in [2.24, 2.45) is 0 Å². The van der Waals surface area contributed by atoms with Crippen LogP contribution in [0.5, 0.6) is 5.75 Å². The van der Waals surface area contributed by atoms with Crippen LogP contribution >= 0.6 is 11.3 Å². The summed E-state index contributed by atoms with van der Waals surface area (Å²) in [5.74, 6) is -0.197. The van der Waals surface area contributed by atoms with E-state index in [0.29, 0.717) is 0 Å². The van der Waals surface area contributed by atoms with Crippen molar-refractivity contribution >= 4 is 21.4 Å². The standard InChI is InChI=1S/C15H13NO2S/c17-13-6-8-16(9-14(13)18)7-5-11-10-19-15-4-2-1-3-12(11)15/h1-4,6,8-10,18H,5,7H2. The second-order valence-electron chi connectivity index (χ2n) is 4.44. The summed E-state index contributed by atoms with van der Waals surface area (Å²) in [5.41, 5.74) is 0.969. The third-order valence-corrected chi connectivity index (χ3v) is 4.17. The van der Waals surface area contributed by atoms with Crippen molar-refractivity contribution in [3.63, 3.8) is 0 Å². The molecule has 0 radical (unpaired) electrons. The molecule has 0 saturated carbocycles. The van der Waals surface area contributed by atoms with Gasteiger partial charge >= 0.3 is 0 Å². The zero-order valence-electron chi connectivity index (χ0n) is 10.2. The highest BCUT2D eigenvalue weighted by atomic mass is 32.1. The first kappa shape index (κ1) is 12.0. The molecular formula is C15H13NO2S. The van der Waals surface area contributed by atoms with E-state index in [4.69, 9.17) is 0 Å². The fourth-order valence-corrected chi connectivity index (χ4v) is 3.12. The smallest absolute Gasteiger partial charge is 0.223 e. The molecule has 3 nitrogen and oxygen atoms in total. The summed E-state index contributed by atoms with van der Waals surface area (Å²) in [6.45, 7) is 0.745. The predicted molar refractivity (Wildman–Crippen MR) is 77.9 cm³/mol. The molecule has 0 fully saturated rings. The van der Waals surface area contributed by atoms with E-state index < -0.39 is 0 Å². The monoisotopic (exact) mass is 271 g/mol. The second kappa shape index (κ2) is 4.90. The van der Waals surface area contributed by atoms with Gasteiger partial charge in [-0.2, -0.15) is 0 Å². The van der Waals surface area contributed by atoms with Gasteiger partial charge in [0.2, 0.25) is 5.43 Å². The molecule has 4 heteroatoms. The van der Waals surface area contributed by atoms with E-state index in [1.54, 1.807) is 17.5 Å². The van der Waals surface area contributed by atoms with Crippen LogP contribution in [-0.4, -0.2) is 9.67 Å². The minimum absolute atomic E-state index is 0.197. The molecule has 0 saturated heterocycles. The van der Waals surface area contributed by atoms with Crippen molar-refractivity contribution in [2.75, 3.05) is 0 Å². The fraction of sp³-hybridized carbons (Fsp3) is 0.133. The molecule has 3 rings (SSSR count). The molecular weight excluding hydrogens is 258 g/mol. The molecule has 19 heavy (non-hydrogen) atoms. The highest BCUT2D eigenvalue weighted by molar-refractivity contribution is 7.17. The maximum Gasteiger partial charge on any atom is 0.223 e. The Kier molecular flexibility index (Phi) is 3.09. The molecule has 0 aliphatic carbocycles. The number of hydrogen-bond donors (Lipinski definition) is 1. The zero-order valence-corrected chi connectivity index (χ0v) is 11.1. The second-order valence-corrected chi connectivity index (χ2v) is 5.35. The largest absolute Gasteiger partial charge is 0.503 e. The third kappa shape index (κ3) is 2.39. The van der Waals surface area contributed by atoms with E-state index in [1.807, 2.05) is 16.7 Å². The van der Waals surface area contributed by atoms with Crippen LogP contribution in [0, 0.1) is 0 Å². The number of aromatic nitrogens is 1. The number of fused-ring (bicyclic) bond motifs is 1. The number of aromatic hydroxyl groups is 1. The van der Waals surface area contributed by atoms with Crippen molar-refractivity contribution in [1.29, 1.82) is 0 Å². The van der Waals surface area contributed by atoms with Crippen molar-refractivity contribution in [1.82, 2.24) is 4.57 Å². The Morgan fingerprint density at radius 3 is 2.89 bits per heavy atom. The van der Waals surface area contributed by atoms with Crippen LogP contribution in [0.2, 0.25) is 0 Å². The number of hydrogen-bond acceptors (Lipinski definition) is 3. The average Bonchev–Trinajstić information content (AvgIpc) is 2.83. The normalized spacial score (nSPS) is 10.9. The van der Waals surface area contributed by atoms with Gasteiger partial charge in [-0.05, 0) is 28.8 Å². The van der Waals surface area contributed by atoms with Crippen molar-refractivity contribution in [2.45, 2.75) is 13.0 Å².